The highest BCUT2D eigenvalue weighted by Crippen LogP contribution is 1.95. The zero-order valence-corrected chi connectivity index (χ0v) is 4.46. The van der Waals surface area contributed by atoms with Crippen molar-refractivity contribution in [2.75, 3.05) is 0 Å². The summed E-state index contributed by atoms with van der Waals surface area (Å²) in [6.45, 7) is 2.76. The molecule has 1 unspecified atom stereocenters. The predicted octanol–water partition coefficient (Wildman–Crippen LogP) is 0.682. The highest BCUT2D eigenvalue weighted by molar-refractivity contribution is 4.60. The zero-order valence-electron chi connectivity index (χ0n) is 4.46. The third-order valence-electron chi connectivity index (χ3n) is 0.757. The van der Waals surface area contributed by atoms with Crippen LogP contribution in [0.4, 0.5) is 0 Å². The Hall–Kier alpha value is -0.0800. The Morgan fingerprint density at radius 3 is 2.43 bits per heavy atom. The molecule has 0 aliphatic rings. The van der Waals surface area contributed by atoms with E-state index in [1.54, 1.807) is 0 Å². The summed E-state index contributed by atoms with van der Waals surface area (Å²) in [5.74, 6) is 0. The van der Waals surface area contributed by atoms with Gasteiger partial charge in [0.1, 0.15) is 6.61 Å². The lowest BCUT2D eigenvalue weighted by atomic mass is 10.2. The maximum Gasteiger partial charge on any atom is 0.108 e. The Balaban J connectivity index is 2.83. The van der Waals surface area contributed by atoms with Crippen LogP contribution in [-0.2, 0) is 0 Å². The Labute approximate surface area is 43.8 Å². The Bertz CT molecular complexity index is 37.1. The van der Waals surface area contributed by atoms with Crippen LogP contribution in [0.2, 0.25) is 0 Å². The SMILES string of the molecule is CCCC(O)[CH]O. The number of hydrogen-bond donors (Lipinski definition) is 2. The van der Waals surface area contributed by atoms with E-state index in [-0.39, 0.29) is 0 Å². The fourth-order valence-corrected chi connectivity index (χ4v) is 0.370. The molecule has 1 atom stereocenters. The van der Waals surface area contributed by atoms with Crippen molar-refractivity contribution in [3.05, 3.63) is 6.61 Å². The van der Waals surface area contributed by atoms with Gasteiger partial charge in [-0.2, -0.15) is 0 Å². The minimum Gasteiger partial charge on any atom is -0.390 e. The van der Waals surface area contributed by atoms with Crippen LogP contribution in [0.25, 0.3) is 0 Å². The Kier molecular flexibility index (Phi) is 4.04. The normalized spacial score (nSPS) is 14.1. The van der Waals surface area contributed by atoms with Crippen molar-refractivity contribution in [1.82, 2.24) is 0 Å². The number of hydrogen-bond acceptors (Lipinski definition) is 2. The molecule has 0 saturated carbocycles. The molecule has 0 bridgehead atoms. The number of rotatable bonds is 3. The largest absolute Gasteiger partial charge is 0.390 e. The van der Waals surface area contributed by atoms with Gasteiger partial charge in [0.2, 0.25) is 0 Å². The maximum atomic E-state index is 8.55. The molecule has 2 N–H and O–H groups in total. The summed E-state index contributed by atoms with van der Waals surface area (Å²) in [7, 11) is 0. The number of aliphatic hydroxyl groups excluding tert-OH is 2. The Morgan fingerprint density at radius 1 is 1.71 bits per heavy atom. The summed E-state index contributed by atoms with van der Waals surface area (Å²) < 4.78 is 0. The molecule has 0 aromatic heterocycles. The smallest absolute Gasteiger partial charge is 0.108 e. The standard InChI is InChI=1S/C5H11O2/c1-2-3-5(7)4-6/h4-7H,2-3H2,1H3. The molecule has 0 fully saturated rings. The molecule has 0 amide bonds. The van der Waals surface area contributed by atoms with E-state index >= 15 is 0 Å². The molecule has 0 aliphatic heterocycles. The average molecular weight is 103 g/mol. The molecule has 1 radical (unpaired) electrons. The van der Waals surface area contributed by atoms with Gasteiger partial charge in [-0.3, -0.25) is 0 Å². The van der Waals surface area contributed by atoms with Crippen LogP contribution in [0.3, 0.4) is 0 Å². The molecule has 0 saturated heterocycles. The van der Waals surface area contributed by atoms with Gasteiger partial charge in [-0.15, -0.1) is 0 Å². The van der Waals surface area contributed by atoms with Gasteiger partial charge < -0.3 is 10.2 Å². The minimum absolute atomic E-state index is 0.620. The first-order valence-electron chi connectivity index (χ1n) is 2.47. The van der Waals surface area contributed by atoms with E-state index in [2.05, 4.69) is 0 Å². The van der Waals surface area contributed by atoms with Gasteiger partial charge in [0, 0.05) is 0 Å². The van der Waals surface area contributed by atoms with Gasteiger partial charge in [-0.25, -0.2) is 0 Å². The Morgan fingerprint density at radius 2 is 2.29 bits per heavy atom. The summed E-state index contributed by atoms with van der Waals surface area (Å²) in [5.41, 5.74) is 0. The van der Waals surface area contributed by atoms with E-state index in [9.17, 15) is 0 Å². The average Bonchev–Trinajstić information content (AvgIpc) is 1.68. The third kappa shape index (κ3) is 3.76. The molecule has 43 valence electrons. The molecule has 0 aromatic carbocycles. The summed E-state index contributed by atoms with van der Waals surface area (Å²) in [6, 6.07) is 0. The highest BCUT2D eigenvalue weighted by Gasteiger charge is 1.96. The van der Waals surface area contributed by atoms with Gasteiger partial charge >= 0.3 is 0 Å². The van der Waals surface area contributed by atoms with E-state index in [1.165, 1.54) is 0 Å². The fourth-order valence-electron chi connectivity index (χ4n) is 0.370. The van der Waals surface area contributed by atoms with Crippen LogP contribution in [0, 0.1) is 6.61 Å². The van der Waals surface area contributed by atoms with Crippen LogP contribution in [0.1, 0.15) is 19.8 Å². The quantitative estimate of drug-likeness (QED) is 0.551. The summed E-state index contributed by atoms with van der Waals surface area (Å²) in [5, 5.41) is 16.6. The van der Waals surface area contributed by atoms with Crippen molar-refractivity contribution in [1.29, 1.82) is 0 Å². The predicted molar refractivity (Wildman–Crippen MR) is 27.2 cm³/mol. The molecule has 2 heteroatoms. The maximum absolute atomic E-state index is 8.55. The monoisotopic (exact) mass is 103 g/mol. The van der Waals surface area contributed by atoms with Crippen molar-refractivity contribution in [3.63, 3.8) is 0 Å². The highest BCUT2D eigenvalue weighted by atomic mass is 16.3. The fraction of sp³-hybridized carbons (Fsp3) is 0.800. The van der Waals surface area contributed by atoms with Crippen molar-refractivity contribution >= 4 is 0 Å². The summed E-state index contributed by atoms with van der Waals surface area (Å²) in [4.78, 5) is 0. The summed E-state index contributed by atoms with van der Waals surface area (Å²) in [6.07, 6.45) is 0.930. The number of aliphatic hydroxyl groups is 2. The summed E-state index contributed by atoms with van der Waals surface area (Å²) >= 11 is 0. The lowest BCUT2D eigenvalue weighted by Gasteiger charge is -2.00. The van der Waals surface area contributed by atoms with E-state index in [1.807, 2.05) is 6.92 Å². The molecule has 0 heterocycles. The first-order valence-corrected chi connectivity index (χ1v) is 2.47. The van der Waals surface area contributed by atoms with E-state index in [4.69, 9.17) is 10.2 Å². The topological polar surface area (TPSA) is 40.5 Å². The third-order valence-corrected chi connectivity index (χ3v) is 0.757. The minimum atomic E-state index is -0.620. The van der Waals surface area contributed by atoms with Crippen LogP contribution in [0.15, 0.2) is 0 Å². The second-order valence-electron chi connectivity index (χ2n) is 1.51. The molecular formula is C5H11O2. The van der Waals surface area contributed by atoms with Crippen molar-refractivity contribution < 1.29 is 10.2 Å². The lowest BCUT2D eigenvalue weighted by molar-refractivity contribution is 0.136. The lowest BCUT2D eigenvalue weighted by Crippen LogP contribution is -2.04. The van der Waals surface area contributed by atoms with Gasteiger partial charge in [-0.1, -0.05) is 13.3 Å². The van der Waals surface area contributed by atoms with Crippen LogP contribution >= 0.6 is 0 Å². The van der Waals surface area contributed by atoms with Crippen LogP contribution < -0.4 is 0 Å². The van der Waals surface area contributed by atoms with Crippen molar-refractivity contribution in [2.24, 2.45) is 0 Å². The van der Waals surface area contributed by atoms with Gasteiger partial charge in [-0.05, 0) is 6.42 Å². The molecule has 0 aromatic rings. The van der Waals surface area contributed by atoms with Gasteiger partial charge in [0.05, 0.1) is 6.10 Å². The van der Waals surface area contributed by atoms with E-state index in [0.717, 1.165) is 13.0 Å². The van der Waals surface area contributed by atoms with Gasteiger partial charge in [0.25, 0.3) is 0 Å². The molecule has 0 aliphatic carbocycles. The second-order valence-corrected chi connectivity index (χ2v) is 1.51. The molecule has 0 rings (SSSR count). The van der Waals surface area contributed by atoms with E-state index in [0.29, 0.717) is 6.42 Å². The first kappa shape index (κ1) is 6.92. The second kappa shape index (κ2) is 4.09. The molecule has 0 spiro atoms. The van der Waals surface area contributed by atoms with Crippen molar-refractivity contribution in [2.45, 2.75) is 25.9 Å². The first-order chi connectivity index (χ1) is 3.31. The van der Waals surface area contributed by atoms with E-state index < -0.39 is 6.10 Å². The van der Waals surface area contributed by atoms with Gasteiger partial charge in [0.15, 0.2) is 0 Å². The molecule has 2 nitrogen and oxygen atoms in total. The van der Waals surface area contributed by atoms with Crippen molar-refractivity contribution in [3.8, 4) is 0 Å². The van der Waals surface area contributed by atoms with Crippen LogP contribution in [-0.4, -0.2) is 16.3 Å². The molecule has 7 heavy (non-hydrogen) atoms. The molecular weight excluding hydrogens is 92.1 g/mol. The zero-order chi connectivity index (χ0) is 5.70. The van der Waals surface area contributed by atoms with Crippen LogP contribution in [0.5, 0.6) is 0 Å².